The molecule has 60 valence electrons. The molecule has 0 aromatic rings. The van der Waals surface area contributed by atoms with Crippen molar-refractivity contribution in [2.75, 3.05) is 12.0 Å². The van der Waals surface area contributed by atoms with Gasteiger partial charge in [0.05, 0.1) is 5.75 Å². The number of sulfone groups is 1. The van der Waals surface area contributed by atoms with Gasteiger partial charge in [-0.05, 0) is 6.42 Å². The van der Waals surface area contributed by atoms with E-state index in [0.717, 1.165) is 6.42 Å². The summed E-state index contributed by atoms with van der Waals surface area (Å²) in [4.78, 5) is 0. The van der Waals surface area contributed by atoms with E-state index in [1.807, 2.05) is 0 Å². The molecule has 0 aliphatic heterocycles. The number of rotatable bonds is 2. The van der Waals surface area contributed by atoms with Crippen molar-refractivity contribution in [2.45, 2.75) is 15.9 Å². The van der Waals surface area contributed by atoms with Crippen LogP contribution < -0.4 is 5.73 Å². The molecule has 0 aromatic carbocycles. The molecule has 0 amide bonds. The fourth-order valence-corrected chi connectivity index (χ4v) is 3.55. The third-order valence-corrected chi connectivity index (χ3v) is 4.30. The predicted octanol–water partition coefficient (Wildman–Crippen LogP) is -0.0642. The zero-order valence-electron chi connectivity index (χ0n) is 5.67. The quantitative estimate of drug-likeness (QED) is 0.567. The second-order valence-corrected chi connectivity index (χ2v) is 6.62. The second-order valence-electron chi connectivity index (χ2n) is 2.97. The predicted molar refractivity (Wildman–Crippen MR) is 49.1 cm³/mol. The molecule has 2 N–H and O–H groups in total. The summed E-state index contributed by atoms with van der Waals surface area (Å²) in [5, 5.41) is 0. The molecule has 1 aliphatic carbocycles. The summed E-state index contributed by atoms with van der Waals surface area (Å²) in [6.45, 7) is 0. The van der Waals surface area contributed by atoms with Crippen LogP contribution in [-0.4, -0.2) is 29.9 Å². The van der Waals surface area contributed by atoms with Gasteiger partial charge in [0, 0.05) is 15.7 Å². The largest absolute Gasteiger partial charge is 0.323 e. The maximum Gasteiger partial charge on any atom is 0.149 e. The van der Waals surface area contributed by atoms with Crippen LogP contribution in [0.4, 0.5) is 0 Å². The van der Waals surface area contributed by atoms with E-state index in [0.29, 0.717) is 3.92 Å². The van der Waals surface area contributed by atoms with E-state index in [2.05, 4.69) is 22.6 Å². The summed E-state index contributed by atoms with van der Waals surface area (Å²) in [5.74, 6) is 0.133. The minimum atomic E-state index is -2.88. The lowest BCUT2D eigenvalue weighted by Gasteiger charge is -2.05. The number of nitrogens with two attached hydrogens (primary N) is 1. The van der Waals surface area contributed by atoms with Crippen LogP contribution in [0.1, 0.15) is 6.42 Å². The van der Waals surface area contributed by atoms with Gasteiger partial charge in [-0.2, -0.15) is 0 Å². The molecule has 0 radical (unpaired) electrons. The molecule has 1 saturated carbocycles. The van der Waals surface area contributed by atoms with Crippen LogP contribution in [0.5, 0.6) is 0 Å². The van der Waals surface area contributed by atoms with E-state index < -0.39 is 15.4 Å². The highest BCUT2D eigenvalue weighted by Gasteiger charge is 2.51. The molecular formula is C5H10INO2S. The highest BCUT2D eigenvalue weighted by atomic mass is 127. The van der Waals surface area contributed by atoms with Gasteiger partial charge < -0.3 is 5.73 Å². The highest BCUT2D eigenvalue weighted by molar-refractivity contribution is 14.1. The van der Waals surface area contributed by atoms with Crippen LogP contribution in [0.3, 0.4) is 0 Å². The number of hydrogen-bond donors (Lipinski definition) is 1. The fourth-order valence-electron chi connectivity index (χ4n) is 0.912. The maximum absolute atomic E-state index is 10.7. The summed E-state index contributed by atoms with van der Waals surface area (Å²) in [6.07, 6.45) is 2.06. The third-order valence-electron chi connectivity index (χ3n) is 1.55. The minimum absolute atomic E-state index is 0.133. The van der Waals surface area contributed by atoms with Gasteiger partial charge >= 0.3 is 0 Å². The summed E-state index contributed by atoms with van der Waals surface area (Å²) in [7, 11) is -2.88. The van der Waals surface area contributed by atoms with Crippen molar-refractivity contribution in [3.05, 3.63) is 0 Å². The van der Waals surface area contributed by atoms with Gasteiger partial charge in [-0.15, -0.1) is 0 Å². The smallest absolute Gasteiger partial charge is 0.149 e. The van der Waals surface area contributed by atoms with Gasteiger partial charge in [0.2, 0.25) is 0 Å². The topological polar surface area (TPSA) is 60.2 Å². The number of hydrogen-bond acceptors (Lipinski definition) is 3. The summed E-state index contributed by atoms with van der Waals surface area (Å²) in [5.41, 5.74) is 5.28. The van der Waals surface area contributed by atoms with Crippen LogP contribution in [0.2, 0.25) is 0 Å². The first kappa shape index (κ1) is 8.73. The van der Waals surface area contributed by atoms with E-state index >= 15 is 0 Å². The fraction of sp³-hybridized carbons (Fsp3) is 1.00. The Balaban J connectivity index is 2.57. The van der Waals surface area contributed by atoms with Crippen LogP contribution in [0.15, 0.2) is 0 Å². The zero-order chi connectivity index (χ0) is 7.99. The molecule has 0 aromatic heterocycles. The Hall–Kier alpha value is 0.640. The van der Waals surface area contributed by atoms with Crippen molar-refractivity contribution in [1.82, 2.24) is 0 Å². The molecule has 5 heteroatoms. The van der Waals surface area contributed by atoms with Crippen LogP contribution in [0.25, 0.3) is 0 Å². The van der Waals surface area contributed by atoms with Gasteiger partial charge in [0.15, 0.2) is 0 Å². The SMILES string of the molecule is CS(=O)(=O)CC1(N)CC1I. The van der Waals surface area contributed by atoms with E-state index in [4.69, 9.17) is 5.73 Å². The average molecular weight is 275 g/mol. The molecular weight excluding hydrogens is 265 g/mol. The molecule has 0 spiro atoms. The van der Waals surface area contributed by atoms with Crippen molar-refractivity contribution in [1.29, 1.82) is 0 Å². The Labute approximate surface area is 74.4 Å². The first-order valence-corrected chi connectivity index (χ1v) is 6.25. The van der Waals surface area contributed by atoms with E-state index in [1.165, 1.54) is 6.26 Å². The first-order valence-electron chi connectivity index (χ1n) is 2.94. The van der Waals surface area contributed by atoms with Crippen molar-refractivity contribution in [2.24, 2.45) is 5.73 Å². The lowest BCUT2D eigenvalue weighted by Crippen LogP contribution is -2.33. The van der Waals surface area contributed by atoms with Crippen LogP contribution in [0, 0.1) is 0 Å². The highest BCUT2D eigenvalue weighted by Crippen LogP contribution is 2.41. The molecule has 10 heavy (non-hydrogen) atoms. The Kier molecular flexibility index (Phi) is 2.02. The third kappa shape index (κ3) is 2.06. The van der Waals surface area contributed by atoms with Crippen molar-refractivity contribution < 1.29 is 8.42 Å². The average Bonchev–Trinajstić information content (AvgIpc) is 2.05. The van der Waals surface area contributed by atoms with Gasteiger partial charge in [-0.1, -0.05) is 22.6 Å². The van der Waals surface area contributed by atoms with Crippen LogP contribution in [-0.2, 0) is 9.84 Å². The second kappa shape index (κ2) is 2.31. The normalized spacial score (nSPS) is 39.7. The standard InChI is InChI=1S/C5H10INO2S/c1-10(8,9)3-5(7)2-4(5)6/h4H,2-3,7H2,1H3. The molecule has 2 atom stereocenters. The monoisotopic (exact) mass is 275 g/mol. The van der Waals surface area contributed by atoms with Gasteiger partial charge in [-0.25, -0.2) is 8.42 Å². The number of halogens is 1. The Morgan fingerprint density at radius 3 is 2.30 bits per heavy atom. The van der Waals surface area contributed by atoms with Gasteiger partial charge in [0.25, 0.3) is 0 Å². The van der Waals surface area contributed by atoms with Crippen molar-refractivity contribution in [3.8, 4) is 0 Å². The molecule has 2 unspecified atom stereocenters. The molecule has 1 aliphatic rings. The Morgan fingerprint density at radius 2 is 2.20 bits per heavy atom. The van der Waals surface area contributed by atoms with Crippen LogP contribution >= 0.6 is 22.6 Å². The van der Waals surface area contributed by atoms with E-state index in [9.17, 15) is 8.42 Å². The van der Waals surface area contributed by atoms with Gasteiger partial charge in [-0.3, -0.25) is 0 Å². The molecule has 0 heterocycles. The zero-order valence-corrected chi connectivity index (χ0v) is 8.65. The lowest BCUT2D eigenvalue weighted by molar-refractivity contribution is 0.592. The molecule has 1 rings (SSSR count). The number of alkyl halides is 1. The lowest BCUT2D eigenvalue weighted by atomic mass is 10.4. The van der Waals surface area contributed by atoms with E-state index in [1.54, 1.807) is 0 Å². The summed E-state index contributed by atoms with van der Waals surface area (Å²) >= 11 is 2.18. The van der Waals surface area contributed by atoms with E-state index in [-0.39, 0.29) is 5.75 Å². The maximum atomic E-state index is 10.7. The Morgan fingerprint density at radius 1 is 1.80 bits per heavy atom. The molecule has 0 saturated heterocycles. The molecule has 1 fully saturated rings. The molecule has 0 bridgehead atoms. The van der Waals surface area contributed by atoms with Gasteiger partial charge in [0.1, 0.15) is 9.84 Å². The summed E-state index contributed by atoms with van der Waals surface area (Å²) in [6, 6.07) is 0. The van der Waals surface area contributed by atoms with Crippen molar-refractivity contribution >= 4 is 32.4 Å². The Bertz CT molecular complexity index is 238. The summed E-state index contributed by atoms with van der Waals surface area (Å²) < 4.78 is 21.8. The van der Waals surface area contributed by atoms with Crippen molar-refractivity contribution in [3.63, 3.8) is 0 Å². The minimum Gasteiger partial charge on any atom is -0.323 e. The first-order chi connectivity index (χ1) is 4.33. The molecule has 3 nitrogen and oxygen atoms in total.